The van der Waals surface area contributed by atoms with E-state index in [2.05, 4.69) is 20.4 Å². The van der Waals surface area contributed by atoms with Crippen LogP contribution in [0.1, 0.15) is 20.8 Å². The van der Waals surface area contributed by atoms with Crippen LogP contribution < -0.4 is 15.8 Å². The molecule has 0 fully saturated rings. The molecule has 10 nitrogen and oxygen atoms in total. The van der Waals surface area contributed by atoms with Crippen molar-refractivity contribution in [3.05, 3.63) is 72.3 Å². The molecule has 0 spiro atoms. The van der Waals surface area contributed by atoms with Gasteiger partial charge in [0.1, 0.15) is 46.8 Å². The largest absolute Gasteiger partial charge is 0.457 e. The number of fused-ring (bicyclic) bond motifs is 1. The fourth-order valence-corrected chi connectivity index (χ4v) is 3.96. The van der Waals surface area contributed by atoms with E-state index in [0.717, 1.165) is 0 Å². The molecule has 0 unspecified atom stereocenters. The lowest BCUT2D eigenvalue weighted by Crippen LogP contribution is -2.40. The molecule has 2 aromatic carbocycles. The Hall–Kier alpha value is -4.82. The quantitative estimate of drug-likeness (QED) is 0.236. The second kappa shape index (κ2) is 11.5. The summed E-state index contributed by atoms with van der Waals surface area (Å²) in [6.45, 7) is 5.77. The van der Waals surface area contributed by atoms with E-state index in [1.807, 2.05) is 57.1 Å². The third kappa shape index (κ3) is 6.08. The molecule has 3 N–H and O–H groups in total. The summed E-state index contributed by atoms with van der Waals surface area (Å²) >= 11 is 0. The Balaban J connectivity index is 1.61. The van der Waals surface area contributed by atoms with Crippen LogP contribution in [0.15, 0.2) is 66.5 Å². The Bertz CT molecular complexity index is 1610. The SMILES string of the molecule is C[C@@H](Cn1nc(-c2ccc(Oc3ccccc3)cc2F)c2c(N)ncnc21)NC(=O)/C(C#N)=C/C(C)(C)N(C)C. The van der Waals surface area contributed by atoms with Crippen molar-refractivity contribution in [1.29, 1.82) is 5.26 Å². The van der Waals surface area contributed by atoms with Crippen LogP contribution in [0.2, 0.25) is 0 Å². The number of anilines is 1. The van der Waals surface area contributed by atoms with Gasteiger partial charge in [0.2, 0.25) is 0 Å². The van der Waals surface area contributed by atoms with Gasteiger partial charge in [0.15, 0.2) is 5.65 Å². The maximum Gasteiger partial charge on any atom is 0.261 e. The number of carbonyl (C=O) groups is 1. The Kier molecular flexibility index (Phi) is 8.11. The van der Waals surface area contributed by atoms with E-state index in [4.69, 9.17) is 10.5 Å². The molecule has 0 bridgehead atoms. The maximum absolute atomic E-state index is 15.4. The molecule has 206 valence electrons. The number of carbonyl (C=O) groups excluding carboxylic acids is 1. The standard InChI is InChI=1S/C29H31FN8O2/c1-18(35-28(39)19(15-31)14-29(2,3)37(4)5)16-38-27-24(26(32)33-17-34-27)25(36-38)22-12-11-21(13-23(22)30)40-20-9-7-6-8-10-20/h6-14,17-18H,16H2,1-5H3,(H,35,39)(H2,32,33,34)/b19-14+/t18-/m0/s1. The van der Waals surface area contributed by atoms with Gasteiger partial charge in [0.05, 0.1) is 11.9 Å². The summed E-state index contributed by atoms with van der Waals surface area (Å²) in [6, 6.07) is 15.1. The van der Waals surface area contributed by atoms with Crippen LogP contribution in [0.5, 0.6) is 11.5 Å². The van der Waals surface area contributed by atoms with Gasteiger partial charge in [-0.25, -0.2) is 19.0 Å². The normalized spacial score (nSPS) is 12.8. The van der Waals surface area contributed by atoms with Gasteiger partial charge in [-0.15, -0.1) is 0 Å². The Morgan fingerprint density at radius 2 is 1.95 bits per heavy atom. The van der Waals surface area contributed by atoms with Gasteiger partial charge in [0, 0.05) is 23.2 Å². The first-order valence-corrected chi connectivity index (χ1v) is 12.6. The van der Waals surface area contributed by atoms with Crippen molar-refractivity contribution in [3.63, 3.8) is 0 Å². The predicted molar refractivity (Wildman–Crippen MR) is 151 cm³/mol. The number of rotatable bonds is 9. The summed E-state index contributed by atoms with van der Waals surface area (Å²) in [7, 11) is 3.74. The molecular weight excluding hydrogens is 511 g/mol. The van der Waals surface area contributed by atoms with E-state index in [1.54, 1.807) is 41.9 Å². The number of nitrogens with zero attached hydrogens (tertiary/aromatic N) is 6. The van der Waals surface area contributed by atoms with Crippen molar-refractivity contribution in [1.82, 2.24) is 30.0 Å². The minimum atomic E-state index is -0.558. The zero-order valence-electron chi connectivity index (χ0n) is 23.0. The van der Waals surface area contributed by atoms with Crippen LogP contribution in [0.4, 0.5) is 10.2 Å². The molecule has 2 heterocycles. The summed E-state index contributed by atoms with van der Waals surface area (Å²) in [6.07, 6.45) is 2.92. The van der Waals surface area contributed by atoms with E-state index in [0.29, 0.717) is 22.5 Å². The molecule has 4 aromatic rings. The summed E-state index contributed by atoms with van der Waals surface area (Å²) in [5.41, 5.74) is 6.52. The van der Waals surface area contributed by atoms with Crippen molar-refractivity contribution in [2.24, 2.45) is 0 Å². The van der Waals surface area contributed by atoms with Crippen LogP contribution in [-0.4, -0.2) is 56.2 Å². The molecule has 0 aliphatic carbocycles. The fourth-order valence-electron chi connectivity index (χ4n) is 3.96. The fraction of sp³-hybridized carbons (Fsp3) is 0.276. The van der Waals surface area contributed by atoms with E-state index in [9.17, 15) is 10.1 Å². The van der Waals surface area contributed by atoms with E-state index in [1.165, 1.54) is 12.4 Å². The highest BCUT2D eigenvalue weighted by Crippen LogP contribution is 2.34. The van der Waals surface area contributed by atoms with Crippen molar-refractivity contribution in [2.45, 2.75) is 38.9 Å². The molecule has 0 aliphatic rings. The number of halogens is 1. The number of likely N-dealkylation sites (N-methyl/N-ethyl adjacent to an activating group) is 1. The van der Waals surface area contributed by atoms with Crippen LogP contribution >= 0.6 is 0 Å². The monoisotopic (exact) mass is 542 g/mol. The smallest absolute Gasteiger partial charge is 0.261 e. The molecule has 11 heteroatoms. The van der Waals surface area contributed by atoms with Crippen molar-refractivity contribution in [2.75, 3.05) is 19.8 Å². The maximum atomic E-state index is 15.4. The minimum absolute atomic E-state index is 0.00279. The molecule has 1 amide bonds. The summed E-state index contributed by atoms with van der Waals surface area (Å²) in [5, 5.41) is 17.4. The number of hydrogen-bond donors (Lipinski definition) is 2. The van der Waals surface area contributed by atoms with Crippen molar-refractivity contribution < 1.29 is 13.9 Å². The molecule has 1 atom stereocenters. The highest BCUT2D eigenvalue weighted by molar-refractivity contribution is 5.99. The molecule has 0 saturated heterocycles. The second-order valence-corrected chi connectivity index (χ2v) is 10.1. The minimum Gasteiger partial charge on any atom is -0.457 e. The van der Waals surface area contributed by atoms with E-state index >= 15 is 4.39 Å². The number of nitrogens with one attached hydrogen (secondary N) is 1. The molecule has 40 heavy (non-hydrogen) atoms. The molecule has 0 radical (unpaired) electrons. The average Bonchev–Trinajstić information content (AvgIpc) is 3.26. The Morgan fingerprint density at radius 3 is 2.60 bits per heavy atom. The Labute approximate surface area is 231 Å². The highest BCUT2D eigenvalue weighted by Gasteiger charge is 2.24. The number of nitrogen functional groups attached to an aromatic ring is 1. The first-order valence-electron chi connectivity index (χ1n) is 12.6. The van der Waals surface area contributed by atoms with Gasteiger partial charge in [-0.1, -0.05) is 18.2 Å². The average molecular weight is 543 g/mol. The number of aromatic nitrogens is 4. The van der Waals surface area contributed by atoms with Crippen LogP contribution in [-0.2, 0) is 11.3 Å². The first-order chi connectivity index (χ1) is 19.0. The van der Waals surface area contributed by atoms with Crippen molar-refractivity contribution >= 4 is 22.8 Å². The number of ether oxygens (including phenoxy) is 1. The van der Waals surface area contributed by atoms with Crippen LogP contribution in [0, 0.1) is 17.1 Å². The zero-order valence-corrected chi connectivity index (χ0v) is 23.0. The number of hydrogen-bond acceptors (Lipinski definition) is 8. The lowest BCUT2D eigenvalue weighted by Gasteiger charge is -2.29. The van der Waals surface area contributed by atoms with Gasteiger partial charge in [-0.2, -0.15) is 10.4 Å². The third-order valence-corrected chi connectivity index (χ3v) is 6.57. The van der Waals surface area contributed by atoms with Crippen LogP contribution in [0.3, 0.4) is 0 Å². The van der Waals surface area contributed by atoms with Gasteiger partial charge in [-0.3, -0.25) is 4.79 Å². The first kappa shape index (κ1) is 28.2. The van der Waals surface area contributed by atoms with Crippen LogP contribution in [0.25, 0.3) is 22.3 Å². The summed E-state index contributed by atoms with van der Waals surface area (Å²) in [5.74, 6) is -0.00599. The van der Waals surface area contributed by atoms with E-state index in [-0.39, 0.29) is 29.2 Å². The van der Waals surface area contributed by atoms with Gasteiger partial charge in [0.25, 0.3) is 5.91 Å². The molecule has 4 rings (SSSR count). The predicted octanol–water partition coefficient (Wildman–Crippen LogP) is 4.30. The lowest BCUT2D eigenvalue weighted by molar-refractivity contribution is -0.117. The number of nitriles is 1. The van der Waals surface area contributed by atoms with Gasteiger partial charge < -0.3 is 20.7 Å². The molecule has 0 aliphatic heterocycles. The van der Waals surface area contributed by atoms with Gasteiger partial charge >= 0.3 is 0 Å². The zero-order chi connectivity index (χ0) is 29.0. The summed E-state index contributed by atoms with van der Waals surface area (Å²) < 4.78 is 22.6. The third-order valence-electron chi connectivity index (χ3n) is 6.57. The molecule has 2 aromatic heterocycles. The summed E-state index contributed by atoms with van der Waals surface area (Å²) in [4.78, 5) is 23.2. The highest BCUT2D eigenvalue weighted by atomic mass is 19.1. The van der Waals surface area contributed by atoms with Crippen molar-refractivity contribution in [3.8, 4) is 28.8 Å². The number of para-hydroxylation sites is 1. The topological polar surface area (TPSA) is 135 Å². The molecule has 0 saturated carbocycles. The lowest BCUT2D eigenvalue weighted by atomic mass is 10.00. The van der Waals surface area contributed by atoms with Gasteiger partial charge in [-0.05, 0) is 65.2 Å². The number of benzene rings is 2. The molecular formula is C29H31FN8O2. The second-order valence-electron chi connectivity index (χ2n) is 10.1. The Morgan fingerprint density at radius 1 is 1.23 bits per heavy atom. The van der Waals surface area contributed by atoms with E-state index < -0.39 is 23.3 Å². The number of nitrogens with two attached hydrogens (primary N) is 1. The number of amides is 1.